The zero-order valence-electron chi connectivity index (χ0n) is 16.5. The third kappa shape index (κ3) is 4.02. The molecule has 1 atom stereocenters. The number of rotatable bonds is 5. The molecule has 3 rings (SSSR count). The summed E-state index contributed by atoms with van der Waals surface area (Å²) in [5.41, 5.74) is 3.02. The molecule has 6 nitrogen and oxygen atoms in total. The van der Waals surface area contributed by atoms with Crippen LogP contribution in [0, 0.1) is 5.92 Å². The van der Waals surface area contributed by atoms with Gasteiger partial charge < -0.3 is 5.32 Å². The zero-order valence-corrected chi connectivity index (χ0v) is 18.1. The second-order valence-electron chi connectivity index (χ2n) is 7.06. The van der Waals surface area contributed by atoms with Gasteiger partial charge in [-0.3, -0.25) is 9.59 Å². The summed E-state index contributed by atoms with van der Waals surface area (Å²) in [6, 6.07) is 10.2. The Kier molecular flexibility index (Phi) is 6.00. The SMILES string of the molecule is CCc1cccc(CC)c1NC(=O)c1ccc(Cl)c(N2C(=O)C(C)CS2(=O)=O)c1. The van der Waals surface area contributed by atoms with E-state index in [2.05, 4.69) is 5.32 Å². The average Bonchev–Trinajstić information content (AvgIpc) is 2.89. The number of benzene rings is 2. The van der Waals surface area contributed by atoms with Gasteiger partial charge in [0, 0.05) is 11.3 Å². The molecular weight excluding hydrogens is 412 g/mol. The molecule has 0 bridgehead atoms. The summed E-state index contributed by atoms with van der Waals surface area (Å²) in [6.07, 6.45) is 1.52. The third-order valence-electron chi connectivity index (χ3n) is 5.03. The fourth-order valence-corrected chi connectivity index (χ4v) is 5.55. The lowest BCUT2D eigenvalue weighted by atomic mass is 10.0. The maximum absolute atomic E-state index is 12.9. The van der Waals surface area contributed by atoms with Crippen LogP contribution in [0.3, 0.4) is 0 Å². The molecule has 2 aromatic carbocycles. The molecule has 1 fully saturated rings. The van der Waals surface area contributed by atoms with E-state index in [0.29, 0.717) is 4.31 Å². The van der Waals surface area contributed by atoms with Crippen molar-refractivity contribution in [3.63, 3.8) is 0 Å². The molecule has 0 aliphatic carbocycles. The molecule has 1 heterocycles. The van der Waals surface area contributed by atoms with Crippen LogP contribution < -0.4 is 9.62 Å². The summed E-state index contributed by atoms with van der Waals surface area (Å²) in [7, 11) is -3.82. The van der Waals surface area contributed by atoms with Crippen molar-refractivity contribution in [1.82, 2.24) is 0 Å². The van der Waals surface area contributed by atoms with Crippen molar-refractivity contribution in [1.29, 1.82) is 0 Å². The van der Waals surface area contributed by atoms with Crippen LogP contribution in [0.15, 0.2) is 36.4 Å². The smallest absolute Gasteiger partial charge is 0.255 e. The monoisotopic (exact) mass is 434 g/mol. The standard InChI is InChI=1S/C21H23ClN2O4S/c1-4-14-7-6-8-15(5-2)19(14)23-20(25)16-9-10-17(22)18(11-16)24-21(26)13(3)12-29(24,27)28/h6-11,13H,4-5,12H2,1-3H3,(H,23,25). The highest BCUT2D eigenvalue weighted by Gasteiger charge is 2.43. The zero-order chi connectivity index (χ0) is 21.3. The lowest BCUT2D eigenvalue weighted by Crippen LogP contribution is -2.30. The minimum atomic E-state index is -3.82. The van der Waals surface area contributed by atoms with Crippen LogP contribution >= 0.6 is 11.6 Å². The number of carbonyl (C=O) groups excluding carboxylic acids is 2. The van der Waals surface area contributed by atoms with Crippen molar-refractivity contribution in [2.75, 3.05) is 15.4 Å². The molecular formula is C21H23ClN2O4S. The molecule has 29 heavy (non-hydrogen) atoms. The third-order valence-corrected chi connectivity index (χ3v) is 7.20. The number of hydrogen-bond donors (Lipinski definition) is 1. The van der Waals surface area contributed by atoms with E-state index in [-0.39, 0.29) is 22.0 Å². The van der Waals surface area contributed by atoms with Crippen LogP contribution in [-0.2, 0) is 27.7 Å². The van der Waals surface area contributed by atoms with E-state index in [1.54, 1.807) is 6.92 Å². The van der Waals surface area contributed by atoms with Crippen LogP contribution in [0.2, 0.25) is 5.02 Å². The van der Waals surface area contributed by atoms with Crippen LogP contribution in [0.5, 0.6) is 0 Å². The number of aryl methyl sites for hydroxylation is 2. The summed E-state index contributed by atoms with van der Waals surface area (Å²) in [5.74, 6) is -1.87. The summed E-state index contributed by atoms with van der Waals surface area (Å²) < 4.78 is 25.6. The minimum Gasteiger partial charge on any atom is -0.321 e. The Balaban J connectivity index is 1.99. The van der Waals surface area contributed by atoms with Gasteiger partial charge in [-0.15, -0.1) is 0 Å². The number of amides is 2. The minimum absolute atomic E-state index is 0.00755. The first-order valence-corrected chi connectivity index (χ1v) is 11.5. The molecule has 1 aliphatic rings. The van der Waals surface area contributed by atoms with Gasteiger partial charge in [-0.1, -0.05) is 50.6 Å². The fraction of sp³-hybridized carbons (Fsp3) is 0.333. The number of para-hydroxylation sites is 1. The van der Waals surface area contributed by atoms with Gasteiger partial charge in [0.05, 0.1) is 22.4 Å². The molecule has 1 aliphatic heterocycles. The van der Waals surface area contributed by atoms with Crippen LogP contribution in [0.1, 0.15) is 42.3 Å². The fourth-order valence-electron chi connectivity index (χ4n) is 3.47. The van der Waals surface area contributed by atoms with Gasteiger partial charge in [0.15, 0.2) is 0 Å². The van der Waals surface area contributed by atoms with Gasteiger partial charge in [0.1, 0.15) is 0 Å². The molecule has 0 radical (unpaired) electrons. The predicted molar refractivity (Wildman–Crippen MR) is 115 cm³/mol. The Morgan fingerprint density at radius 2 is 1.79 bits per heavy atom. The second kappa shape index (κ2) is 8.16. The Morgan fingerprint density at radius 3 is 2.31 bits per heavy atom. The summed E-state index contributed by atoms with van der Waals surface area (Å²) >= 11 is 6.19. The molecule has 2 aromatic rings. The number of sulfonamides is 1. The van der Waals surface area contributed by atoms with E-state index in [1.165, 1.54) is 18.2 Å². The van der Waals surface area contributed by atoms with E-state index in [4.69, 9.17) is 11.6 Å². The van der Waals surface area contributed by atoms with Gasteiger partial charge in [0.2, 0.25) is 15.9 Å². The van der Waals surface area contributed by atoms with Gasteiger partial charge in [0.25, 0.3) is 5.91 Å². The number of nitrogens with one attached hydrogen (secondary N) is 1. The molecule has 0 aromatic heterocycles. The highest BCUT2D eigenvalue weighted by Crippen LogP contribution is 2.35. The molecule has 1 N–H and O–H groups in total. The summed E-state index contributed by atoms with van der Waals surface area (Å²) in [5, 5.41) is 3.03. The lowest BCUT2D eigenvalue weighted by molar-refractivity contribution is -0.119. The van der Waals surface area contributed by atoms with E-state index in [9.17, 15) is 18.0 Å². The van der Waals surface area contributed by atoms with Crippen molar-refractivity contribution in [2.45, 2.75) is 33.6 Å². The predicted octanol–water partition coefficient (Wildman–Crippen LogP) is 4.03. The molecule has 1 saturated heterocycles. The number of hydrogen-bond acceptors (Lipinski definition) is 4. The lowest BCUT2D eigenvalue weighted by Gasteiger charge is -2.18. The largest absolute Gasteiger partial charge is 0.321 e. The molecule has 0 saturated carbocycles. The Hall–Kier alpha value is -2.38. The summed E-state index contributed by atoms with van der Waals surface area (Å²) in [6.45, 7) is 5.57. The van der Waals surface area contributed by atoms with Gasteiger partial charge in [-0.2, -0.15) is 0 Å². The van der Waals surface area contributed by atoms with Gasteiger partial charge in [-0.05, 0) is 42.2 Å². The average molecular weight is 435 g/mol. The van der Waals surface area contributed by atoms with Crippen molar-refractivity contribution in [3.05, 3.63) is 58.1 Å². The second-order valence-corrected chi connectivity index (χ2v) is 9.33. The summed E-state index contributed by atoms with van der Waals surface area (Å²) in [4.78, 5) is 25.3. The molecule has 0 spiro atoms. The van der Waals surface area contributed by atoms with Crippen molar-refractivity contribution >= 4 is 44.8 Å². The first-order valence-electron chi connectivity index (χ1n) is 9.48. The molecule has 1 unspecified atom stereocenters. The van der Waals surface area contributed by atoms with E-state index >= 15 is 0 Å². The first-order chi connectivity index (χ1) is 13.7. The van der Waals surface area contributed by atoms with E-state index < -0.39 is 27.8 Å². The molecule has 154 valence electrons. The molecule has 2 amide bonds. The van der Waals surface area contributed by atoms with E-state index in [1.807, 2.05) is 32.0 Å². The molecule has 8 heteroatoms. The number of carbonyl (C=O) groups is 2. The van der Waals surface area contributed by atoms with Crippen molar-refractivity contribution in [3.8, 4) is 0 Å². The Labute approximate surface area is 175 Å². The van der Waals surface area contributed by atoms with Crippen LogP contribution in [-0.4, -0.2) is 26.0 Å². The van der Waals surface area contributed by atoms with Gasteiger partial charge in [-0.25, -0.2) is 12.7 Å². The van der Waals surface area contributed by atoms with Gasteiger partial charge >= 0.3 is 0 Å². The number of halogens is 1. The highest BCUT2D eigenvalue weighted by atomic mass is 35.5. The van der Waals surface area contributed by atoms with E-state index in [0.717, 1.165) is 29.7 Å². The maximum atomic E-state index is 12.9. The number of anilines is 2. The Morgan fingerprint density at radius 1 is 1.17 bits per heavy atom. The van der Waals surface area contributed by atoms with Crippen molar-refractivity contribution < 1.29 is 18.0 Å². The maximum Gasteiger partial charge on any atom is 0.255 e. The highest BCUT2D eigenvalue weighted by molar-refractivity contribution is 7.94. The number of nitrogens with zero attached hydrogens (tertiary/aromatic N) is 1. The normalized spacial score (nSPS) is 18.1. The van der Waals surface area contributed by atoms with Crippen molar-refractivity contribution in [2.24, 2.45) is 5.92 Å². The first kappa shape index (κ1) is 21.3. The van der Waals surface area contributed by atoms with Crippen LogP contribution in [0.25, 0.3) is 0 Å². The van der Waals surface area contributed by atoms with Crippen LogP contribution in [0.4, 0.5) is 11.4 Å². The Bertz CT molecular complexity index is 1060. The quantitative estimate of drug-likeness (QED) is 0.770. The topological polar surface area (TPSA) is 83.6 Å².